The highest BCUT2D eigenvalue weighted by Gasteiger charge is 2.11. The standard InChI is InChI=1S/C10H6Cl2O2/c1-3-14-10(13)7-4-8(11)6(2)9(12)5-7/h1,4-5H,2H3. The largest absolute Gasteiger partial charge is 0.369 e. The third-order valence-electron chi connectivity index (χ3n) is 1.67. The Balaban J connectivity index is 3.14. The van der Waals surface area contributed by atoms with E-state index in [1.807, 2.05) is 0 Å². The van der Waals surface area contributed by atoms with Gasteiger partial charge in [0.05, 0.1) is 5.56 Å². The van der Waals surface area contributed by atoms with E-state index in [2.05, 4.69) is 4.74 Å². The summed E-state index contributed by atoms with van der Waals surface area (Å²) in [5, 5.41) is 0.808. The average Bonchev–Trinajstić information content (AvgIpc) is 2.13. The van der Waals surface area contributed by atoms with Crippen LogP contribution in [0.15, 0.2) is 12.1 Å². The lowest BCUT2D eigenvalue weighted by Crippen LogP contribution is -2.01. The Bertz CT molecular complexity index is 396. The first-order valence-electron chi connectivity index (χ1n) is 3.68. The van der Waals surface area contributed by atoms with E-state index in [0.717, 1.165) is 0 Å². The topological polar surface area (TPSA) is 26.3 Å². The quantitative estimate of drug-likeness (QED) is 0.546. The van der Waals surface area contributed by atoms with Crippen LogP contribution in [0.5, 0.6) is 0 Å². The predicted octanol–water partition coefficient (Wildman–Crippen LogP) is 3.05. The van der Waals surface area contributed by atoms with Crippen LogP contribution in [0.4, 0.5) is 0 Å². The Morgan fingerprint density at radius 2 is 1.93 bits per heavy atom. The number of carbonyl (C=O) groups is 1. The molecule has 0 saturated heterocycles. The molecule has 1 aromatic rings. The van der Waals surface area contributed by atoms with E-state index < -0.39 is 5.97 Å². The van der Waals surface area contributed by atoms with Crippen molar-refractivity contribution in [2.24, 2.45) is 0 Å². The van der Waals surface area contributed by atoms with Gasteiger partial charge in [-0.25, -0.2) is 4.79 Å². The highest BCUT2D eigenvalue weighted by atomic mass is 35.5. The molecular weight excluding hydrogens is 223 g/mol. The van der Waals surface area contributed by atoms with E-state index in [-0.39, 0.29) is 5.56 Å². The zero-order chi connectivity index (χ0) is 10.7. The van der Waals surface area contributed by atoms with Crippen molar-refractivity contribution < 1.29 is 9.53 Å². The molecule has 0 atom stereocenters. The van der Waals surface area contributed by atoms with Crippen molar-refractivity contribution in [2.75, 3.05) is 0 Å². The number of hydrogen-bond donors (Lipinski definition) is 0. The molecule has 0 heterocycles. The number of halogens is 2. The van der Waals surface area contributed by atoms with Gasteiger partial charge >= 0.3 is 5.97 Å². The fraction of sp³-hybridized carbons (Fsp3) is 0.100. The second-order valence-corrected chi connectivity index (χ2v) is 3.39. The smallest absolute Gasteiger partial charge is 0.352 e. The molecule has 0 unspecified atom stereocenters. The number of benzene rings is 1. The first-order valence-corrected chi connectivity index (χ1v) is 4.44. The molecule has 0 aliphatic rings. The van der Waals surface area contributed by atoms with Crippen LogP contribution < -0.4 is 0 Å². The summed E-state index contributed by atoms with van der Waals surface area (Å²) < 4.78 is 4.35. The molecule has 14 heavy (non-hydrogen) atoms. The summed E-state index contributed by atoms with van der Waals surface area (Å²) in [4.78, 5) is 11.2. The van der Waals surface area contributed by atoms with Crippen LogP contribution in [0.2, 0.25) is 10.0 Å². The second kappa shape index (κ2) is 4.36. The zero-order valence-electron chi connectivity index (χ0n) is 7.30. The van der Waals surface area contributed by atoms with Crippen LogP contribution in [-0.2, 0) is 4.74 Å². The molecule has 0 fully saturated rings. The van der Waals surface area contributed by atoms with Crippen molar-refractivity contribution >= 4 is 29.2 Å². The molecule has 2 nitrogen and oxygen atoms in total. The second-order valence-electron chi connectivity index (χ2n) is 2.57. The van der Waals surface area contributed by atoms with Crippen molar-refractivity contribution in [3.63, 3.8) is 0 Å². The summed E-state index contributed by atoms with van der Waals surface area (Å²) in [7, 11) is 0. The third-order valence-corrected chi connectivity index (χ3v) is 2.45. The zero-order valence-corrected chi connectivity index (χ0v) is 8.82. The third kappa shape index (κ3) is 2.20. The normalized spacial score (nSPS) is 9.29. The lowest BCUT2D eigenvalue weighted by molar-refractivity contribution is 0.0691. The number of rotatable bonds is 1. The maximum absolute atomic E-state index is 11.2. The number of esters is 1. The van der Waals surface area contributed by atoms with Crippen LogP contribution in [0.25, 0.3) is 0 Å². The molecule has 0 aliphatic carbocycles. The van der Waals surface area contributed by atoms with Gasteiger partial charge in [0.15, 0.2) is 0 Å². The van der Waals surface area contributed by atoms with E-state index in [0.29, 0.717) is 15.6 Å². The minimum atomic E-state index is -0.642. The number of terminal acetylenes is 1. The van der Waals surface area contributed by atoms with Crippen molar-refractivity contribution in [1.29, 1.82) is 0 Å². The molecular formula is C10H6Cl2O2. The average molecular weight is 229 g/mol. The molecule has 0 aliphatic heterocycles. The van der Waals surface area contributed by atoms with Gasteiger partial charge in [0.2, 0.25) is 0 Å². The lowest BCUT2D eigenvalue weighted by atomic mass is 10.1. The Morgan fingerprint density at radius 1 is 1.43 bits per heavy atom. The summed E-state index contributed by atoms with van der Waals surface area (Å²) >= 11 is 11.6. The first-order chi connectivity index (χ1) is 6.56. The van der Waals surface area contributed by atoms with Gasteiger partial charge in [-0.2, -0.15) is 0 Å². The molecule has 1 rings (SSSR count). The van der Waals surface area contributed by atoms with E-state index in [9.17, 15) is 4.79 Å². The molecule has 4 heteroatoms. The Kier molecular flexibility index (Phi) is 3.40. The lowest BCUT2D eigenvalue weighted by Gasteiger charge is -2.03. The minimum absolute atomic E-state index is 0.239. The van der Waals surface area contributed by atoms with E-state index in [1.54, 1.807) is 13.0 Å². The highest BCUT2D eigenvalue weighted by Crippen LogP contribution is 2.25. The minimum Gasteiger partial charge on any atom is -0.369 e. The molecule has 0 saturated carbocycles. The maximum atomic E-state index is 11.2. The molecule has 0 spiro atoms. The summed E-state index contributed by atoms with van der Waals surface area (Å²) in [5.41, 5.74) is 0.953. The van der Waals surface area contributed by atoms with Gasteiger partial charge in [-0.15, -0.1) is 0 Å². The summed E-state index contributed by atoms with van der Waals surface area (Å²) in [6.45, 7) is 1.75. The molecule has 0 aromatic heterocycles. The molecule has 0 bridgehead atoms. The van der Waals surface area contributed by atoms with Gasteiger partial charge in [0.25, 0.3) is 0 Å². The van der Waals surface area contributed by atoms with Crippen LogP contribution in [-0.4, -0.2) is 5.97 Å². The van der Waals surface area contributed by atoms with Crippen molar-refractivity contribution in [3.8, 4) is 12.5 Å². The number of hydrogen-bond acceptors (Lipinski definition) is 2. The van der Waals surface area contributed by atoms with Crippen molar-refractivity contribution in [1.82, 2.24) is 0 Å². The van der Waals surface area contributed by atoms with Gasteiger partial charge in [-0.05, 0) is 24.6 Å². The molecule has 1 aromatic carbocycles. The van der Waals surface area contributed by atoms with E-state index >= 15 is 0 Å². The molecule has 72 valence electrons. The monoisotopic (exact) mass is 228 g/mol. The van der Waals surface area contributed by atoms with E-state index in [1.165, 1.54) is 12.1 Å². The summed E-state index contributed by atoms with van der Waals surface area (Å²) in [5.74, 6) is -0.642. The molecule has 0 amide bonds. The van der Waals surface area contributed by atoms with Gasteiger partial charge in [-0.3, -0.25) is 0 Å². The van der Waals surface area contributed by atoms with Crippen LogP contribution in [0.3, 0.4) is 0 Å². The van der Waals surface area contributed by atoms with Gasteiger partial charge in [-0.1, -0.05) is 29.6 Å². The molecule has 0 radical (unpaired) electrons. The SMILES string of the molecule is C#COC(=O)c1cc(Cl)c(C)c(Cl)c1. The van der Waals surface area contributed by atoms with Crippen LogP contribution in [0.1, 0.15) is 15.9 Å². The van der Waals surface area contributed by atoms with Gasteiger partial charge in [0.1, 0.15) is 6.11 Å². The van der Waals surface area contributed by atoms with Gasteiger partial charge < -0.3 is 4.74 Å². The van der Waals surface area contributed by atoms with Crippen molar-refractivity contribution in [3.05, 3.63) is 33.3 Å². The first kappa shape index (κ1) is 10.9. The highest BCUT2D eigenvalue weighted by molar-refractivity contribution is 6.36. The van der Waals surface area contributed by atoms with Crippen LogP contribution in [0, 0.1) is 19.5 Å². The summed E-state index contributed by atoms with van der Waals surface area (Å²) in [6.07, 6.45) is 6.60. The fourth-order valence-electron chi connectivity index (χ4n) is 0.876. The van der Waals surface area contributed by atoms with Crippen molar-refractivity contribution in [2.45, 2.75) is 6.92 Å². The molecule has 0 N–H and O–H groups in total. The number of ether oxygens (including phenoxy) is 1. The van der Waals surface area contributed by atoms with Crippen LogP contribution >= 0.6 is 23.2 Å². The Labute approximate surface area is 91.8 Å². The van der Waals surface area contributed by atoms with E-state index in [4.69, 9.17) is 29.6 Å². The Morgan fingerprint density at radius 3 is 2.36 bits per heavy atom. The predicted molar refractivity (Wildman–Crippen MR) is 55.4 cm³/mol. The number of carbonyl (C=O) groups excluding carboxylic acids is 1. The summed E-state index contributed by atoms with van der Waals surface area (Å²) in [6, 6.07) is 2.92. The Hall–Kier alpha value is -1.17. The maximum Gasteiger partial charge on any atom is 0.352 e. The van der Waals surface area contributed by atoms with Gasteiger partial charge in [0, 0.05) is 10.0 Å². The fourth-order valence-corrected chi connectivity index (χ4v) is 1.36.